The third-order valence-corrected chi connectivity index (χ3v) is 7.22. The molecule has 9 nitrogen and oxygen atoms in total. The van der Waals surface area contributed by atoms with Crippen LogP contribution >= 0.6 is 0 Å². The van der Waals surface area contributed by atoms with E-state index in [0.29, 0.717) is 30.4 Å². The van der Waals surface area contributed by atoms with Crippen LogP contribution in [0.15, 0.2) is 36.5 Å². The number of anilines is 1. The van der Waals surface area contributed by atoms with Crippen molar-refractivity contribution in [1.82, 2.24) is 15.3 Å². The summed E-state index contributed by atoms with van der Waals surface area (Å²) in [4.78, 5) is 32.9. The summed E-state index contributed by atoms with van der Waals surface area (Å²) in [5, 5.41) is 15.6. The van der Waals surface area contributed by atoms with Gasteiger partial charge in [-0.15, -0.1) is 0 Å². The molecule has 4 atom stereocenters. The number of ether oxygens (including phenoxy) is 2. The van der Waals surface area contributed by atoms with E-state index in [4.69, 9.17) is 9.47 Å². The maximum Gasteiger partial charge on any atom is 0.303 e. The molecule has 1 aromatic carbocycles. The van der Waals surface area contributed by atoms with Crippen molar-refractivity contribution in [2.45, 2.75) is 62.8 Å². The fraction of sp³-hybridized carbons (Fsp3) is 0.520. The highest BCUT2D eigenvalue weighted by molar-refractivity contribution is 5.78. The van der Waals surface area contributed by atoms with Crippen molar-refractivity contribution in [2.75, 3.05) is 18.5 Å². The zero-order valence-electron chi connectivity index (χ0n) is 19.3. The summed E-state index contributed by atoms with van der Waals surface area (Å²) < 4.78 is 25.5. The number of hydrogen-bond acceptors (Lipinski definition) is 7. The lowest BCUT2D eigenvalue weighted by Gasteiger charge is -2.27. The van der Waals surface area contributed by atoms with Gasteiger partial charge in [-0.2, -0.15) is 0 Å². The van der Waals surface area contributed by atoms with Crippen LogP contribution in [0, 0.1) is 11.2 Å². The Labute approximate surface area is 202 Å². The van der Waals surface area contributed by atoms with Crippen molar-refractivity contribution in [2.24, 2.45) is 5.41 Å². The third kappa shape index (κ3) is 5.28. The summed E-state index contributed by atoms with van der Waals surface area (Å²) in [6, 6.07) is 7.41. The Balaban J connectivity index is 1.19. The first-order valence-corrected chi connectivity index (χ1v) is 12.0. The number of fused-ring (bicyclic) bond motifs is 1. The zero-order valence-corrected chi connectivity index (χ0v) is 19.3. The molecule has 0 radical (unpaired) electrons. The fourth-order valence-corrected chi connectivity index (χ4v) is 5.61. The summed E-state index contributed by atoms with van der Waals surface area (Å²) in [5.74, 6) is -0.972. The van der Waals surface area contributed by atoms with Crippen molar-refractivity contribution < 1.29 is 28.6 Å². The molecule has 5 rings (SSSR count). The number of nitrogens with one attached hydrogen (secondary N) is 2. The first-order chi connectivity index (χ1) is 16.9. The van der Waals surface area contributed by atoms with E-state index in [1.165, 1.54) is 12.1 Å². The summed E-state index contributed by atoms with van der Waals surface area (Å²) in [6.07, 6.45) is 4.66. The first-order valence-electron chi connectivity index (χ1n) is 12.0. The fourth-order valence-electron chi connectivity index (χ4n) is 5.61. The number of carbonyl (C=O) groups excluding carboxylic acids is 1. The van der Waals surface area contributed by atoms with Crippen molar-refractivity contribution in [3.63, 3.8) is 0 Å². The van der Waals surface area contributed by atoms with Gasteiger partial charge < -0.3 is 25.2 Å². The van der Waals surface area contributed by atoms with Crippen LogP contribution in [0.1, 0.15) is 38.5 Å². The number of carbonyl (C=O) groups is 2. The van der Waals surface area contributed by atoms with Crippen LogP contribution in [0.5, 0.6) is 0 Å². The minimum atomic E-state index is -0.860. The SMILES string of the molecule is O=C(O)CC1(CC(=O)N[C@H]2CO[C@H]3[C@@H]2OC[C@@H]3Nc2nccc(-c3cccc(F)c3)n2)CCCC1. The van der Waals surface area contributed by atoms with Gasteiger partial charge in [0.15, 0.2) is 0 Å². The number of carboxylic acid groups (broad SMARTS) is 1. The molecule has 3 fully saturated rings. The van der Waals surface area contributed by atoms with E-state index in [9.17, 15) is 19.1 Å². The number of aromatic nitrogens is 2. The van der Waals surface area contributed by atoms with E-state index in [2.05, 4.69) is 20.6 Å². The summed E-state index contributed by atoms with van der Waals surface area (Å²) >= 11 is 0. The number of carboxylic acids is 1. The Hall–Kier alpha value is -3.11. The molecule has 3 N–H and O–H groups in total. The predicted molar refractivity (Wildman–Crippen MR) is 124 cm³/mol. The second-order valence-corrected chi connectivity index (χ2v) is 9.75. The van der Waals surface area contributed by atoms with Crippen molar-refractivity contribution in [1.29, 1.82) is 0 Å². The molecule has 1 saturated carbocycles. The van der Waals surface area contributed by atoms with Gasteiger partial charge in [0.25, 0.3) is 0 Å². The lowest BCUT2D eigenvalue weighted by molar-refractivity contribution is -0.140. The minimum Gasteiger partial charge on any atom is -0.481 e. The van der Waals surface area contributed by atoms with E-state index in [1.54, 1.807) is 24.4 Å². The molecule has 0 unspecified atom stereocenters. The topological polar surface area (TPSA) is 123 Å². The molecular formula is C25H29FN4O5. The normalized spacial score (nSPS) is 26.9. The van der Waals surface area contributed by atoms with Crippen LogP contribution in [0.2, 0.25) is 0 Å². The zero-order chi connectivity index (χ0) is 24.4. The number of benzene rings is 1. The second-order valence-electron chi connectivity index (χ2n) is 9.75. The molecule has 2 aromatic rings. The summed E-state index contributed by atoms with van der Waals surface area (Å²) in [5.41, 5.74) is 0.787. The molecule has 1 aliphatic carbocycles. The maximum absolute atomic E-state index is 13.6. The number of amides is 1. The second kappa shape index (κ2) is 9.87. The van der Waals surface area contributed by atoms with Crippen molar-refractivity contribution in [3.05, 3.63) is 42.3 Å². The largest absolute Gasteiger partial charge is 0.481 e. The van der Waals surface area contributed by atoms with Gasteiger partial charge in [-0.25, -0.2) is 14.4 Å². The molecule has 0 bridgehead atoms. The standard InChI is InChI=1S/C25H29FN4O5/c26-16-5-3-4-15(10-16)17-6-9-27-24(29-17)30-19-14-35-22-18(13-34-23(19)22)28-20(31)11-25(12-21(32)33)7-1-2-8-25/h3-6,9-10,18-19,22-23H,1-2,7-8,11-14H2,(H,28,31)(H,32,33)(H,27,29,30)/t18-,19-,22+,23+/m0/s1. The molecule has 3 aliphatic rings. The van der Waals surface area contributed by atoms with E-state index >= 15 is 0 Å². The Morgan fingerprint density at radius 2 is 1.83 bits per heavy atom. The number of aliphatic carboxylic acids is 1. The Morgan fingerprint density at radius 1 is 1.09 bits per heavy atom. The average Bonchev–Trinajstić information content (AvgIpc) is 3.53. The van der Waals surface area contributed by atoms with Gasteiger partial charge >= 0.3 is 5.97 Å². The minimum absolute atomic E-state index is 0.0187. The Morgan fingerprint density at radius 3 is 2.57 bits per heavy atom. The molecule has 3 heterocycles. The monoisotopic (exact) mass is 484 g/mol. The molecule has 35 heavy (non-hydrogen) atoms. The number of nitrogens with zero attached hydrogens (tertiary/aromatic N) is 2. The molecule has 0 spiro atoms. The van der Waals surface area contributed by atoms with Crippen molar-refractivity contribution in [3.8, 4) is 11.3 Å². The van der Waals surface area contributed by atoms with Gasteiger partial charge in [-0.3, -0.25) is 9.59 Å². The van der Waals surface area contributed by atoms with Gasteiger partial charge in [-0.05, 0) is 36.5 Å². The van der Waals surface area contributed by atoms with Crippen LogP contribution in [-0.2, 0) is 19.1 Å². The van der Waals surface area contributed by atoms with Crippen LogP contribution in [0.25, 0.3) is 11.3 Å². The van der Waals surface area contributed by atoms with Gasteiger partial charge in [0.05, 0.1) is 37.4 Å². The van der Waals surface area contributed by atoms with E-state index in [-0.39, 0.29) is 48.9 Å². The van der Waals surface area contributed by atoms with E-state index in [0.717, 1.165) is 25.7 Å². The quantitative estimate of drug-likeness (QED) is 0.523. The molecule has 1 aromatic heterocycles. The molecule has 2 aliphatic heterocycles. The van der Waals surface area contributed by atoms with E-state index < -0.39 is 11.4 Å². The Bertz CT molecular complexity index is 1090. The van der Waals surface area contributed by atoms with Gasteiger partial charge in [-0.1, -0.05) is 25.0 Å². The van der Waals surface area contributed by atoms with Crippen LogP contribution in [0.3, 0.4) is 0 Å². The average molecular weight is 485 g/mol. The smallest absolute Gasteiger partial charge is 0.303 e. The van der Waals surface area contributed by atoms with Crippen molar-refractivity contribution >= 4 is 17.8 Å². The highest BCUT2D eigenvalue weighted by Gasteiger charge is 2.49. The number of hydrogen-bond donors (Lipinski definition) is 3. The Kier molecular flexibility index (Phi) is 6.66. The van der Waals surface area contributed by atoms with Crippen LogP contribution in [0.4, 0.5) is 10.3 Å². The first kappa shape index (κ1) is 23.6. The summed E-state index contributed by atoms with van der Waals surface area (Å²) in [7, 11) is 0. The lowest BCUT2D eigenvalue weighted by Crippen LogP contribution is -2.46. The van der Waals surface area contributed by atoms with Gasteiger partial charge in [0.2, 0.25) is 11.9 Å². The van der Waals surface area contributed by atoms with Crippen LogP contribution in [-0.4, -0.2) is 64.5 Å². The van der Waals surface area contributed by atoms with Crippen LogP contribution < -0.4 is 10.6 Å². The highest BCUT2D eigenvalue weighted by atomic mass is 19.1. The molecule has 2 saturated heterocycles. The van der Waals surface area contributed by atoms with Gasteiger partial charge in [0.1, 0.15) is 18.0 Å². The number of rotatable bonds is 8. The molecule has 186 valence electrons. The maximum atomic E-state index is 13.6. The van der Waals surface area contributed by atoms with Gasteiger partial charge in [0, 0.05) is 18.2 Å². The molecular weight excluding hydrogens is 455 g/mol. The third-order valence-electron chi connectivity index (χ3n) is 7.22. The predicted octanol–water partition coefficient (Wildman–Crippen LogP) is 2.77. The van der Waals surface area contributed by atoms with E-state index in [1.807, 2.05) is 0 Å². The lowest BCUT2D eigenvalue weighted by atomic mass is 9.79. The number of halogens is 1. The highest BCUT2D eigenvalue weighted by Crippen LogP contribution is 2.44. The molecule has 10 heteroatoms. The summed E-state index contributed by atoms with van der Waals surface area (Å²) in [6.45, 7) is 0.674. The molecule has 1 amide bonds.